The fraction of sp³-hybridized carbons (Fsp3) is 0.889. The summed E-state index contributed by atoms with van der Waals surface area (Å²) in [4.78, 5) is 33.6. The molecule has 0 aliphatic carbocycles. The molecule has 0 aromatic carbocycles. The van der Waals surface area contributed by atoms with Crippen LogP contribution < -0.4 is 0 Å². The molecule has 0 amide bonds. The third kappa shape index (κ3) is 26.9. The van der Waals surface area contributed by atoms with Gasteiger partial charge in [-0.25, -0.2) is 0 Å². The molecule has 0 unspecified atom stereocenters. The molecule has 0 aliphatic rings. The Morgan fingerprint density at radius 1 is 0.472 bits per heavy atom. The number of carbonyl (C=O) groups is 3. The van der Waals surface area contributed by atoms with Gasteiger partial charge in [-0.3, -0.25) is 14.4 Å². The van der Waals surface area contributed by atoms with Gasteiger partial charge in [0.15, 0.2) is 0 Å². The summed E-state index contributed by atoms with van der Waals surface area (Å²) in [5.41, 5.74) is -0.432. The molecule has 0 spiro atoms. The van der Waals surface area contributed by atoms with Gasteiger partial charge in [-0.1, -0.05) is 72.3 Å². The Morgan fingerprint density at radius 2 is 0.722 bits per heavy atom. The van der Waals surface area contributed by atoms with Gasteiger partial charge in [-0.05, 0) is 6.42 Å². The van der Waals surface area contributed by atoms with Gasteiger partial charge in [0, 0.05) is 24.7 Å². The molecule has 0 rings (SSSR count). The van der Waals surface area contributed by atoms with Gasteiger partial charge in [-0.2, -0.15) is 0 Å². The largest absolute Gasteiger partial charge is 0.463 e. The third-order valence-electron chi connectivity index (χ3n) is 4.31. The lowest BCUT2D eigenvalue weighted by Crippen LogP contribution is -2.38. The highest BCUT2D eigenvalue weighted by molar-refractivity contribution is 5.69. The van der Waals surface area contributed by atoms with Crippen LogP contribution in [-0.4, -0.2) is 77.4 Å². The maximum absolute atomic E-state index is 11.2. The number of hydrogen-bond donors (Lipinski definition) is 0. The number of carbonyl (C=O) groups excluding carboxylic acids is 3. The van der Waals surface area contributed by atoms with E-state index in [0.29, 0.717) is 45.5 Å². The Hall–Kier alpha value is -1.71. The number of hydrogen-bond acceptors (Lipinski definition) is 9. The third-order valence-corrected chi connectivity index (χ3v) is 4.31. The van der Waals surface area contributed by atoms with Gasteiger partial charge in [0.05, 0.1) is 39.6 Å². The van der Waals surface area contributed by atoms with Crippen molar-refractivity contribution >= 4 is 17.9 Å². The van der Waals surface area contributed by atoms with Gasteiger partial charge < -0.3 is 28.4 Å². The maximum atomic E-state index is 11.2. The second-order valence-electron chi connectivity index (χ2n) is 6.73. The van der Waals surface area contributed by atoms with E-state index in [1.165, 1.54) is 0 Å². The Balaban J connectivity index is -0.000000280. The van der Waals surface area contributed by atoms with E-state index >= 15 is 0 Å². The molecule has 0 aromatic rings. The zero-order chi connectivity index (χ0) is 22.7. The Bertz CT molecular complexity index is 417. The van der Waals surface area contributed by atoms with E-state index in [1.807, 2.05) is 6.92 Å². The molecule has 9 nitrogen and oxygen atoms in total. The molecular formula is C27H62O9. The topological polar surface area (TPSA) is 107 Å². The van der Waals surface area contributed by atoms with Gasteiger partial charge in [0.2, 0.25) is 0 Å². The van der Waals surface area contributed by atoms with Crippen LogP contribution in [0.1, 0.15) is 97.9 Å². The second kappa shape index (κ2) is 33.3. The van der Waals surface area contributed by atoms with Crippen molar-refractivity contribution in [1.82, 2.24) is 0 Å². The lowest BCUT2D eigenvalue weighted by Gasteiger charge is -2.32. The van der Waals surface area contributed by atoms with Crippen molar-refractivity contribution in [1.29, 1.82) is 0 Å². The van der Waals surface area contributed by atoms with Gasteiger partial charge >= 0.3 is 17.9 Å². The summed E-state index contributed by atoms with van der Waals surface area (Å²) in [6.45, 7) is 9.61. The lowest BCUT2D eigenvalue weighted by molar-refractivity contribution is -0.147. The van der Waals surface area contributed by atoms with Crippen molar-refractivity contribution in [2.24, 2.45) is 5.41 Å². The van der Waals surface area contributed by atoms with Crippen LogP contribution in [0.25, 0.3) is 0 Å². The van der Waals surface area contributed by atoms with Crippen LogP contribution in [0.15, 0.2) is 0 Å². The first-order chi connectivity index (χ1) is 14.4. The fourth-order valence-electron chi connectivity index (χ4n) is 2.25. The molecule has 0 saturated heterocycles. The quantitative estimate of drug-likeness (QED) is 0.111. The summed E-state index contributed by atoms with van der Waals surface area (Å²) in [5.74, 6) is -0.805. The van der Waals surface area contributed by atoms with Crippen LogP contribution in [0.4, 0.5) is 0 Å². The summed E-state index contributed by atoms with van der Waals surface area (Å²) in [6, 6.07) is 0. The summed E-state index contributed by atoms with van der Waals surface area (Å²) in [5, 5.41) is 0. The molecule has 0 heterocycles. The minimum atomic E-state index is -0.432. The molecule has 0 atom stereocenters. The summed E-state index contributed by atoms with van der Waals surface area (Å²) in [7, 11) is 0. The monoisotopic (exact) mass is 530 g/mol. The molecule has 0 N–H and O–H groups in total. The zero-order valence-corrected chi connectivity index (χ0v) is 18.9. The molecule has 0 fully saturated rings. The van der Waals surface area contributed by atoms with Crippen molar-refractivity contribution < 1.29 is 42.8 Å². The van der Waals surface area contributed by atoms with Gasteiger partial charge in [-0.15, -0.1) is 0 Å². The predicted octanol–water partition coefficient (Wildman–Crippen LogP) is 6.11. The van der Waals surface area contributed by atoms with Gasteiger partial charge in [0.1, 0.15) is 19.8 Å². The first-order valence-electron chi connectivity index (χ1n) is 10.6. The molecule has 0 aromatic heterocycles. The first kappa shape index (κ1) is 51.0. The molecule has 0 aliphatic heterocycles. The summed E-state index contributed by atoms with van der Waals surface area (Å²) in [6.07, 6.45) is 1.69. The van der Waals surface area contributed by atoms with Crippen molar-refractivity contribution in [3.63, 3.8) is 0 Å². The van der Waals surface area contributed by atoms with E-state index in [9.17, 15) is 14.4 Å². The Morgan fingerprint density at radius 3 is 0.917 bits per heavy atom. The number of ether oxygens (including phenoxy) is 6. The van der Waals surface area contributed by atoms with Crippen LogP contribution in [0.2, 0.25) is 0 Å². The molecule has 9 heteroatoms. The molecule has 0 bridgehead atoms. The van der Waals surface area contributed by atoms with Crippen LogP contribution in [-0.2, 0) is 42.8 Å². The average Bonchev–Trinajstić information content (AvgIpc) is 2.76. The molecule has 0 saturated carbocycles. The Labute approximate surface area is 223 Å². The maximum Gasteiger partial charge on any atom is 0.305 e. The van der Waals surface area contributed by atoms with E-state index in [4.69, 9.17) is 28.4 Å². The van der Waals surface area contributed by atoms with E-state index in [1.54, 1.807) is 20.8 Å². The van der Waals surface area contributed by atoms with Crippen molar-refractivity contribution in [2.45, 2.75) is 97.9 Å². The van der Waals surface area contributed by atoms with Crippen LogP contribution in [0, 0.1) is 5.41 Å². The second-order valence-corrected chi connectivity index (χ2v) is 6.73. The zero-order valence-electron chi connectivity index (χ0n) is 18.9. The smallest absolute Gasteiger partial charge is 0.305 e. The molecule has 0 radical (unpaired) electrons. The highest BCUT2D eigenvalue weighted by atomic mass is 16.6. The highest BCUT2D eigenvalue weighted by Crippen LogP contribution is 2.24. The van der Waals surface area contributed by atoms with E-state index in [-0.39, 0.29) is 102 Å². The number of rotatable bonds is 19. The van der Waals surface area contributed by atoms with Crippen LogP contribution in [0.5, 0.6) is 0 Å². The van der Waals surface area contributed by atoms with E-state index in [0.717, 1.165) is 0 Å². The van der Waals surface area contributed by atoms with Crippen LogP contribution in [0.3, 0.4) is 0 Å². The molecule has 224 valence electrons. The lowest BCUT2D eigenvalue weighted by atomic mass is 9.88. The average molecular weight is 531 g/mol. The minimum absolute atomic E-state index is 0. The van der Waals surface area contributed by atoms with Crippen molar-refractivity contribution in [3.8, 4) is 0 Å². The SMILES string of the molecule is C.C.C.C.C.C.CCC(=O)OCCOCC(CC)(COCCOC(=O)CC)COCCOC(=O)CC. The first-order valence-corrected chi connectivity index (χ1v) is 10.6. The number of esters is 3. The summed E-state index contributed by atoms with van der Waals surface area (Å²) < 4.78 is 32.1. The molecule has 36 heavy (non-hydrogen) atoms. The van der Waals surface area contributed by atoms with Crippen molar-refractivity contribution in [3.05, 3.63) is 0 Å². The predicted molar refractivity (Wildman–Crippen MR) is 149 cm³/mol. The van der Waals surface area contributed by atoms with Gasteiger partial charge in [0.25, 0.3) is 0 Å². The van der Waals surface area contributed by atoms with Crippen molar-refractivity contribution in [2.75, 3.05) is 59.5 Å². The fourth-order valence-corrected chi connectivity index (χ4v) is 2.25. The standard InChI is InChI=1S/C21H38O9.6CH4/c1-5-18(22)28-12-9-25-15-21(8-4,16-26-10-13-29-19(23)6-2)17-27-11-14-30-20(24)7-3;;;;;;/h5-17H2,1-4H3;6*1H4. The highest BCUT2D eigenvalue weighted by Gasteiger charge is 2.30. The molecular weight excluding hydrogens is 468 g/mol. The Kier molecular flexibility index (Phi) is 47.2. The van der Waals surface area contributed by atoms with Crippen LogP contribution >= 0.6 is 0 Å². The minimum Gasteiger partial charge on any atom is -0.463 e. The van der Waals surface area contributed by atoms with E-state index < -0.39 is 5.41 Å². The summed E-state index contributed by atoms with van der Waals surface area (Å²) >= 11 is 0. The van der Waals surface area contributed by atoms with E-state index in [2.05, 4.69) is 0 Å². The normalized spacial score (nSPS) is 9.33.